The normalized spacial score (nSPS) is 13.6. The van der Waals surface area contributed by atoms with Crippen LogP contribution < -0.4 is 0 Å². The van der Waals surface area contributed by atoms with Gasteiger partial charge in [0.25, 0.3) is 0 Å². The molecule has 0 aliphatic rings. The fraction of sp³-hybridized carbons (Fsp3) is 0.250. The van der Waals surface area contributed by atoms with E-state index < -0.39 is 23.8 Å². The largest absolute Gasteiger partial charge is 0.435 e. The highest BCUT2D eigenvalue weighted by molar-refractivity contribution is 5.42. The van der Waals surface area contributed by atoms with Crippen molar-refractivity contribution in [2.75, 3.05) is 0 Å². The number of hydrogen-bond acceptors (Lipinski definition) is 2. The van der Waals surface area contributed by atoms with E-state index in [1.165, 1.54) is 13.0 Å². The molecule has 1 heterocycles. The average Bonchev–Trinajstić information content (AvgIpc) is 2.77. The van der Waals surface area contributed by atoms with Gasteiger partial charge in [-0.25, -0.2) is 9.07 Å². The first-order valence-electron chi connectivity index (χ1n) is 5.40. The third-order valence-corrected chi connectivity index (χ3v) is 2.57. The van der Waals surface area contributed by atoms with Crippen molar-refractivity contribution < 1.29 is 22.7 Å². The molecule has 0 spiro atoms. The van der Waals surface area contributed by atoms with Gasteiger partial charge in [-0.05, 0) is 31.2 Å². The zero-order valence-electron chi connectivity index (χ0n) is 9.82. The number of rotatable bonds is 2. The molecule has 2 aromatic rings. The van der Waals surface area contributed by atoms with Crippen molar-refractivity contribution in [3.8, 4) is 5.69 Å². The van der Waals surface area contributed by atoms with E-state index in [1.807, 2.05) is 0 Å². The number of nitrogens with zero attached hydrogens (tertiary/aromatic N) is 2. The Bertz CT molecular complexity index is 590. The molecule has 3 nitrogen and oxygen atoms in total. The first-order chi connectivity index (χ1) is 8.79. The quantitative estimate of drug-likeness (QED) is 0.855. The maximum atomic E-state index is 13.1. The third-order valence-electron chi connectivity index (χ3n) is 2.57. The smallest absolute Gasteiger partial charge is 0.389 e. The van der Waals surface area contributed by atoms with Crippen LogP contribution >= 0.6 is 0 Å². The molecule has 7 heteroatoms. The molecule has 1 aromatic heterocycles. The second-order valence-electron chi connectivity index (χ2n) is 4.02. The summed E-state index contributed by atoms with van der Waals surface area (Å²) in [4.78, 5) is 0. The summed E-state index contributed by atoms with van der Waals surface area (Å²) in [6.45, 7) is 1.40. The summed E-state index contributed by atoms with van der Waals surface area (Å²) in [5, 5.41) is 12.9. The maximum Gasteiger partial charge on any atom is 0.435 e. The van der Waals surface area contributed by atoms with Crippen LogP contribution in [-0.2, 0) is 6.18 Å². The molecule has 0 unspecified atom stereocenters. The van der Waals surface area contributed by atoms with E-state index in [9.17, 15) is 22.7 Å². The molecule has 102 valence electrons. The van der Waals surface area contributed by atoms with Crippen molar-refractivity contribution in [3.05, 3.63) is 47.5 Å². The number of aromatic nitrogens is 2. The molecule has 19 heavy (non-hydrogen) atoms. The molecule has 0 radical (unpaired) electrons. The second-order valence-corrected chi connectivity index (χ2v) is 4.02. The van der Waals surface area contributed by atoms with Crippen LogP contribution in [0.1, 0.15) is 24.3 Å². The van der Waals surface area contributed by atoms with Crippen molar-refractivity contribution >= 4 is 0 Å². The van der Waals surface area contributed by atoms with E-state index in [2.05, 4.69) is 5.10 Å². The van der Waals surface area contributed by atoms with Gasteiger partial charge in [-0.15, -0.1) is 0 Å². The van der Waals surface area contributed by atoms with E-state index in [0.717, 1.165) is 29.1 Å². The summed E-state index contributed by atoms with van der Waals surface area (Å²) in [5.74, 6) is -0.581. The number of aliphatic hydroxyl groups excluding tert-OH is 1. The van der Waals surface area contributed by atoms with E-state index in [0.29, 0.717) is 0 Å². The number of aliphatic hydroxyl groups is 1. The van der Waals surface area contributed by atoms with Crippen LogP contribution in [0.25, 0.3) is 5.69 Å². The second kappa shape index (κ2) is 4.65. The van der Waals surface area contributed by atoms with Crippen molar-refractivity contribution in [2.45, 2.75) is 19.2 Å². The molecule has 0 saturated carbocycles. The van der Waals surface area contributed by atoms with Gasteiger partial charge in [-0.3, -0.25) is 0 Å². The number of hydrogen-bond donors (Lipinski definition) is 1. The molecule has 1 aromatic carbocycles. The molecular weight excluding hydrogens is 264 g/mol. The predicted molar refractivity (Wildman–Crippen MR) is 59.2 cm³/mol. The lowest BCUT2D eigenvalue weighted by atomic mass is 10.1. The average molecular weight is 274 g/mol. The van der Waals surface area contributed by atoms with Crippen LogP contribution in [0.4, 0.5) is 17.6 Å². The third kappa shape index (κ3) is 2.76. The van der Waals surface area contributed by atoms with Crippen LogP contribution in [0, 0.1) is 5.82 Å². The molecular formula is C12H10F4N2O. The highest BCUT2D eigenvalue weighted by Crippen LogP contribution is 2.29. The van der Waals surface area contributed by atoms with Crippen LogP contribution in [0.15, 0.2) is 30.5 Å². The summed E-state index contributed by atoms with van der Waals surface area (Å²) < 4.78 is 51.4. The van der Waals surface area contributed by atoms with Gasteiger partial charge in [-0.1, -0.05) is 0 Å². The van der Waals surface area contributed by atoms with Crippen molar-refractivity contribution in [2.24, 2.45) is 0 Å². The lowest BCUT2D eigenvalue weighted by Crippen LogP contribution is -2.09. The van der Waals surface area contributed by atoms with Gasteiger partial charge < -0.3 is 5.11 Å². The van der Waals surface area contributed by atoms with Crippen molar-refractivity contribution in [1.82, 2.24) is 9.78 Å². The first-order valence-corrected chi connectivity index (χ1v) is 5.40. The number of halogens is 4. The Labute approximate surface area is 106 Å². The van der Waals surface area contributed by atoms with Crippen LogP contribution in [0.5, 0.6) is 0 Å². The standard InChI is InChI=1S/C12H10F4N2O/c1-7(19)9-6-8(13)2-3-10(9)18-5-4-11(17-18)12(14,15)16/h2-7,19H,1H3/t7-/m0/s1. The summed E-state index contributed by atoms with van der Waals surface area (Å²) >= 11 is 0. The first kappa shape index (κ1) is 13.5. The Balaban J connectivity index is 2.50. The topological polar surface area (TPSA) is 38.0 Å². The van der Waals surface area contributed by atoms with Gasteiger partial charge in [0.05, 0.1) is 11.8 Å². The number of benzene rings is 1. The summed E-state index contributed by atoms with van der Waals surface area (Å²) in [6, 6.07) is 4.24. The lowest BCUT2D eigenvalue weighted by Gasteiger charge is -2.12. The molecule has 0 aliphatic carbocycles. The highest BCUT2D eigenvalue weighted by Gasteiger charge is 2.33. The molecule has 0 fully saturated rings. The fourth-order valence-corrected chi connectivity index (χ4v) is 1.68. The zero-order valence-corrected chi connectivity index (χ0v) is 9.82. The zero-order chi connectivity index (χ0) is 14.2. The lowest BCUT2D eigenvalue weighted by molar-refractivity contribution is -0.141. The Morgan fingerprint density at radius 3 is 2.47 bits per heavy atom. The Hall–Kier alpha value is -1.89. The molecule has 0 saturated heterocycles. The van der Waals surface area contributed by atoms with Crippen molar-refractivity contribution in [3.63, 3.8) is 0 Å². The van der Waals surface area contributed by atoms with Gasteiger partial charge >= 0.3 is 6.18 Å². The molecule has 0 aliphatic heterocycles. The monoisotopic (exact) mass is 274 g/mol. The van der Waals surface area contributed by atoms with Crippen LogP contribution in [-0.4, -0.2) is 14.9 Å². The van der Waals surface area contributed by atoms with Crippen LogP contribution in [0.2, 0.25) is 0 Å². The maximum absolute atomic E-state index is 13.1. The van der Waals surface area contributed by atoms with E-state index in [4.69, 9.17) is 0 Å². The SMILES string of the molecule is C[C@H](O)c1cc(F)ccc1-n1ccc(C(F)(F)F)n1. The minimum Gasteiger partial charge on any atom is -0.389 e. The van der Waals surface area contributed by atoms with Crippen molar-refractivity contribution in [1.29, 1.82) is 0 Å². The Kier molecular flexibility index (Phi) is 3.32. The highest BCUT2D eigenvalue weighted by atomic mass is 19.4. The fourth-order valence-electron chi connectivity index (χ4n) is 1.68. The molecule has 0 amide bonds. The minimum atomic E-state index is -4.55. The molecule has 2 rings (SSSR count). The van der Waals surface area contributed by atoms with Gasteiger partial charge in [-0.2, -0.15) is 18.3 Å². The van der Waals surface area contributed by atoms with Gasteiger partial charge in [0.15, 0.2) is 5.69 Å². The predicted octanol–water partition coefficient (Wildman–Crippen LogP) is 3.08. The number of alkyl halides is 3. The van der Waals surface area contributed by atoms with E-state index in [-0.39, 0.29) is 11.3 Å². The van der Waals surface area contributed by atoms with Gasteiger partial charge in [0.1, 0.15) is 5.82 Å². The molecule has 1 atom stereocenters. The van der Waals surface area contributed by atoms with Gasteiger partial charge in [0.2, 0.25) is 0 Å². The van der Waals surface area contributed by atoms with E-state index in [1.54, 1.807) is 0 Å². The van der Waals surface area contributed by atoms with Crippen LogP contribution in [0.3, 0.4) is 0 Å². The van der Waals surface area contributed by atoms with E-state index >= 15 is 0 Å². The summed E-state index contributed by atoms with van der Waals surface area (Å²) in [5.41, 5.74) is -0.683. The summed E-state index contributed by atoms with van der Waals surface area (Å²) in [7, 11) is 0. The summed E-state index contributed by atoms with van der Waals surface area (Å²) in [6.07, 6.45) is -4.46. The Morgan fingerprint density at radius 1 is 1.26 bits per heavy atom. The molecule has 0 bridgehead atoms. The Morgan fingerprint density at radius 2 is 1.95 bits per heavy atom. The molecule has 1 N–H and O–H groups in total. The minimum absolute atomic E-state index is 0.164. The van der Waals surface area contributed by atoms with Gasteiger partial charge in [0, 0.05) is 11.8 Å².